The number of hydrogen-bond acceptors (Lipinski definition) is 6. The summed E-state index contributed by atoms with van der Waals surface area (Å²) in [6, 6.07) is 12.7. The second kappa shape index (κ2) is 5.81. The van der Waals surface area contributed by atoms with E-state index < -0.39 is 6.09 Å². The zero-order chi connectivity index (χ0) is 13.8. The summed E-state index contributed by atoms with van der Waals surface area (Å²) < 4.78 is 5.11. The van der Waals surface area contributed by atoms with Crippen LogP contribution in [0.15, 0.2) is 47.8 Å². The van der Waals surface area contributed by atoms with E-state index in [2.05, 4.69) is 15.5 Å². The monoisotopic (exact) mass is 303 g/mol. The first-order valence-corrected chi connectivity index (χ1v) is 7.42. The summed E-state index contributed by atoms with van der Waals surface area (Å²) in [6.45, 7) is 0. The molecule has 1 amide bonds. The molecule has 20 heavy (non-hydrogen) atoms. The molecule has 0 aliphatic carbocycles. The Kier molecular flexibility index (Phi) is 3.71. The number of para-hydroxylation sites is 1. The SMILES string of the molecule is O=C(Nc1nnc(-c2cccs2)s1)Oc1ccccc1. The lowest BCUT2D eigenvalue weighted by Gasteiger charge is -2.02. The number of carbonyl (C=O) groups excluding carboxylic acids is 1. The second-order valence-corrected chi connectivity index (χ2v) is 5.64. The van der Waals surface area contributed by atoms with E-state index in [1.807, 2.05) is 23.6 Å². The molecule has 0 atom stereocenters. The third-order valence-corrected chi connectivity index (χ3v) is 4.20. The Balaban J connectivity index is 1.65. The van der Waals surface area contributed by atoms with E-state index in [9.17, 15) is 4.79 Å². The summed E-state index contributed by atoms with van der Waals surface area (Å²) in [7, 11) is 0. The van der Waals surface area contributed by atoms with Crippen LogP contribution in [0.4, 0.5) is 9.93 Å². The third-order valence-electron chi connectivity index (χ3n) is 2.32. The van der Waals surface area contributed by atoms with Crippen molar-refractivity contribution in [3.8, 4) is 15.6 Å². The van der Waals surface area contributed by atoms with E-state index in [0.29, 0.717) is 10.9 Å². The molecule has 3 rings (SSSR count). The molecular weight excluding hydrogens is 294 g/mol. The highest BCUT2D eigenvalue weighted by Gasteiger charge is 2.11. The largest absolute Gasteiger partial charge is 0.418 e. The quantitative estimate of drug-likeness (QED) is 0.797. The Morgan fingerprint density at radius 2 is 1.95 bits per heavy atom. The smallest absolute Gasteiger partial charge is 0.410 e. The van der Waals surface area contributed by atoms with Crippen LogP contribution in [-0.2, 0) is 0 Å². The molecule has 0 saturated carbocycles. The minimum atomic E-state index is -0.579. The maximum atomic E-state index is 11.7. The van der Waals surface area contributed by atoms with Gasteiger partial charge in [-0.05, 0) is 23.6 Å². The highest BCUT2D eigenvalue weighted by atomic mass is 32.1. The average molecular weight is 303 g/mol. The van der Waals surface area contributed by atoms with Crippen molar-refractivity contribution in [2.45, 2.75) is 0 Å². The number of thiophene rings is 1. The number of aromatic nitrogens is 2. The molecule has 0 aliphatic heterocycles. The predicted octanol–water partition coefficient (Wildman–Crippen LogP) is 3.88. The number of carbonyl (C=O) groups is 1. The Bertz CT molecular complexity index is 696. The molecule has 2 aromatic heterocycles. The Hall–Kier alpha value is -2.25. The lowest BCUT2D eigenvalue weighted by atomic mass is 10.3. The molecular formula is C13H9N3O2S2. The predicted molar refractivity (Wildman–Crippen MR) is 79.3 cm³/mol. The fourth-order valence-electron chi connectivity index (χ4n) is 1.48. The molecule has 1 aromatic carbocycles. The van der Waals surface area contributed by atoms with E-state index in [1.54, 1.807) is 35.6 Å². The van der Waals surface area contributed by atoms with Crippen LogP contribution in [0, 0.1) is 0 Å². The summed E-state index contributed by atoms with van der Waals surface area (Å²) in [5, 5.41) is 13.7. The van der Waals surface area contributed by atoms with Crippen LogP contribution in [0.1, 0.15) is 0 Å². The molecule has 0 aliphatic rings. The maximum absolute atomic E-state index is 11.7. The molecule has 0 bridgehead atoms. The van der Waals surface area contributed by atoms with Gasteiger partial charge in [-0.1, -0.05) is 35.6 Å². The van der Waals surface area contributed by atoms with Crippen molar-refractivity contribution in [1.82, 2.24) is 10.2 Å². The summed E-state index contributed by atoms with van der Waals surface area (Å²) in [5.41, 5.74) is 0. The third kappa shape index (κ3) is 3.01. The molecule has 5 nitrogen and oxygen atoms in total. The van der Waals surface area contributed by atoms with E-state index in [1.165, 1.54) is 11.3 Å². The molecule has 1 N–H and O–H groups in total. The number of nitrogens with zero attached hydrogens (tertiary/aromatic N) is 2. The van der Waals surface area contributed by atoms with Crippen LogP contribution in [-0.4, -0.2) is 16.3 Å². The van der Waals surface area contributed by atoms with Gasteiger partial charge < -0.3 is 4.74 Å². The Morgan fingerprint density at radius 1 is 1.10 bits per heavy atom. The van der Waals surface area contributed by atoms with Crippen molar-refractivity contribution in [3.05, 3.63) is 47.8 Å². The van der Waals surface area contributed by atoms with Gasteiger partial charge in [-0.2, -0.15) is 0 Å². The maximum Gasteiger partial charge on any atom is 0.418 e. The van der Waals surface area contributed by atoms with Gasteiger partial charge in [-0.15, -0.1) is 21.5 Å². The Labute approximate surface area is 122 Å². The molecule has 100 valence electrons. The minimum Gasteiger partial charge on any atom is -0.410 e. The average Bonchev–Trinajstić information content (AvgIpc) is 3.10. The summed E-state index contributed by atoms with van der Waals surface area (Å²) in [6.07, 6.45) is -0.579. The number of hydrogen-bond donors (Lipinski definition) is 1. The van der Waals surface area contributed by atoms with Gasteiger partial charge in [0.05, 0.1) is 4.88 Å². The van der Waals surface area contributed by atoms with E-state index in [4.69, 9.17) is 4.74 Å². The number of benzene rings is 1. The van der Waals surface area contributed by atoms with Gasteiger partial charge in [0.1, 0.15) is 5.75 Å². The first-order chi connectivity index (χ1) is 9.81. The van der Waals surface area contributed by atoms with Gasteiger partial charge in [-0.25, -0.2) is 4.79 Å². The topological polar surface area (TPSA) is 64.1 Å². The summed E-state index contributed by atoms with van der Waals surface area (Å²) in [4.78, 5) is 12.7. The van der Waals surface area contributed by atoms with Gasteiger partial charge in [0.15, 0.2) is 5.01 Å². The second-order valence-electron chi connectivity index (χ2n) is 3.72. The lowest BCUT2D eigenvalue weighted by Crippen LogP contribution is -2.16. The van der Waals surface area contributed by atoms with E-state index in [0.717, 1.165) is 9.88 Å². The highest BCUT2D eigenvalue weighted by molar-refractivity contribution is 7.23. The van der Waals surface area contributed by atoms with Gasteiger partial charge >= 0.3 is 6.09 Å². The summed E-state index contributed by atoms with van der Waals surface area (Å²) in [5.74, 6) is 0.480. The fourth-order valence-corrected chi connectivity index (χ4v) is 3.00. The molecule has 0 radical (unpaired) electrons. The molecule has 0 spiro atoms. The van der Waals surface area contributed by atoms with Gasteiger partial charge in [0.25, 0.3) is 0 Å². The van der Waals surface area contributed by atoms with Crippen molar-refractivity contribution in [1.29, 1.82) is 0 Å². The number of nitrogens with one attached hydrogen (secondary N) is 1. The van der Waals surface area contributed by atoms with Crippen molar-refractivity contribution >= 4 is 33.9 Å². The van der Waals surface area contributed by atoms with E-state index >= 15 is 0 Å². The van der Waals surface area contributed by atoms with Crippen molar-refractivity contribution in [2.75, 3.05) is 5.32 Å². The molecule has 7 heteroatoms. The van der Waals surface area contributed by atoms with Crippen LogP contribution in [0.5, 0.6) is 5.75 Å². The van der Waals surface area contributed by atoms with Crippen molar-refractivity contribution < 1.29 is 9.53 Å². The number of anilines is 1. The molecule has 0 saturated heterocycles. The van der Waals surface area contributed by atoms with Crippen molar-refractivity contribution in [2.24, 2.45) is 0 Å². The summed E-state index contributed by atoms with van der Waals surface area (Å²) >= 11 is 2.88. The highest BCUT2D eigenvalue weighted by Crippen LogP contribution is 2.29. The zero-order valence-corrected chi connectivity index (χ0v) is 11.8. The molecule has 0 fully saturated rings. The van der Waals surface area contributed by atoms with Crippen LogP contribution < -0.4 is 10.1 Å². The normalized spacial score (nSPS) is 10.2. The first-order valence-electron chi connectivity index (χ1n) is 5.72. The first kappa shape index (κ1) is 12.8. The number of amides is 1. The number of ether oxygens (including phenoxy) is 1. The molecule has 3 aromatic rings. The lowest BCUT2D eigenvalue weighted by molar-refractivity contribution is 0.215. The molecule has 0 unspecified atom stereocenters. The van der Waals surface area contributed by atoms with Crippen LogP contribution >= 0.6 is 22.7 Å². The standard InChI is InChI=1S/C13H9N3O2S2/c17-13(18-9-5-2-1-3-6-9)14-12-16-15-11(20-12)10-7-4-8-19-10/h1-8H,(H,14,16,17). The van der Waals surface area contributed by atoms with E-state index in [-0.39, 0.29) is 0 Å². The fraction of sp³-hybridized carbons (Fsp3) is 0. The number of rotatable bonds is 3. The van der Waals surface area contributed by atoms with Gasteiger partial charge in [0.2, 0.25) is 5.13 Å². The van der Waals surface area contributed by atoms with Crippen LogP contribution in [0.3, 0.4) is 0 Å². The zero-order valence-electron chi connectivity index (χ0n) is 10.1. The van der Waals surface area contributed by atoms with Crippen molar-refractivity contribution in [3.63, 3.8) is 0 Å². The minimum absolute atomic E-state index is 0.411. The van der Waals surface area contributed by atoms with Crippen LogP contribution in [0.2, 0.25) is 0 Å². The Morgan fingerprint density at radius 3 is 2.70 bits per heavy atom. The van der Waals surface area contributed by atoms with Gasteiger partial charge in [0, 0.05) is 0 Å². The van der Waals surface area contributed by atoms with Gasteiger partial charge in [-0.3, -0.25) is 5.32 Å². The molecule has 2 heterocycles. The van der Waals surface area contributed by atoms with Crippen LogP contribution in [0.25, 0.3) is 9.88 Å².